The summed E-state index contributed by atoms with van der Waals surface area (Å²) in [6.45, 7) is 7.44. The Morgan fingerprint density at radius 1 is 0.822 bits per heavy atom. The van der Waals surface area contributed by atoms with Gasteiger partial charge in [-0.3, -0.25) is 4.79 Å². The van der Waals surface area contributed by atoms with Gasteiger partial charge in [-0.05, 0) is 166 Å². The summed E-state index contributed by atoms with van der Waals surface area (Å²) in [5.74, 6) is 2.36. The van der Waals surface area contributed by atoms with Crippen molar-refractivity contribution in [2.45, 2.75) is 134 Å². The molecule has 0 heterocycles. The van der Waals surface area contributed by atoms with Crippen LogP contribution in [0.3, 0.4) is 0 Å². The molecule has 2 aliphatic carbocycles. The third-order valence-electron chi connectivity index (χ3n) is 10.4. The fourth-order valence-electron chi connectivity index (χ4n) is 7.69. The quantitative estimate of drug-likeness (QED) is 0.118. The highest BCUT2D eigenvalue weighted by atomic mass is 19.1. The molecule has 45 heavy (non-hydrogen) atoms. The molecule has 0 amide bonds. The Hall–Kier alpha value is -2.37. The van der Waals surface area contributed by atoms with Crippen molar-refractivity contribution in [3.05, 3.63) is 82.4 Å². The lowest BCUT2D eigenvalue weighted by atomic mass is 9.67. The normalized spacial score (nSPS) is 21.7. The Kier molecular flexibility index (Phi) is 16.5. The van der Waals surface area contributed by atoms with Crippen LogP contribution in [0.15, 0.2) is 48.6 Å². The number of carbonyl (C=O) groups excluding carboxylic acids is 1. The maximum atomic E-state index is 15.3. The molecule has 250 valence electrons. The molecule has 0 spiro atoms. The van der Waals surface area contributed by atoms with Gasteiger partial charge >= 0.3 is 0 Å². The average molecular weight is 625 g/mol. The van der Waals surface area contributed by atoms with Gasteiger partial charge < -0.3 is 10.2 Å². The maximum Gasteiger partial charge on any atom is 0.145 e. The van der Waals surface area contributed by atoms with Gasteiger partial charge in [0.25, 0.3) is 0 Å². The predicted octanol–water partition coefficient (Wildman–Crippen LogP) is 10.3. The zero-order valence-corrected chi connectivity index (χ0v) is 27.9. The number of hydrogen-bond acceptors (Lipinski definition) is 3. The molecule has 2 fully saturated rings. The van der Waals surface area contributed by atoms with Gasteiger partial charge in [0, 0.05) is 13.2 Å². The molecule has 2 aromatic rings. The van der Waals surface area contributed by atoms with Crippen LogP contribution in [0.5, 0.6) is 0 Å². The first-order chi connectivity index (χ1) is 21.8. The summed E-state index contributed by atoms with van der Waals surface area (Å²) in [6.07, 6.45) is 17.2. The molecule has 0 atom stereocenters. The molecule has 0 radical (unpaired) electrons. The SMILES string of the molecule is C=C(C)C=O.CCCCCc1ccc(C2CCC(C3CCC(c4ccc(C(CCCO)CCCO)cc4F)CC3)CC2)cc1F. The number of aldehydes is 1. The minimum Gasteiger partial charge on any atom is -0.396 e. The number of aliphatic hydroxyl groups is 2. The van der Waals surface area contributed by atoms with Gasteiger partial charge in [0.2, 0.25) is 0 Å². The first kappa shape index (κ1) is 37.1. The van der Waals surface area contributed by atoms with E-state index in [9.17, 15) is 19.4 Å². The van der Waals surface area contributed by atoms with Crippen LogP contribution in [0.2, 0.25) is 0 Å². The van der Waals surface area contributed by atoms with Crippen molar-refractivity contribution < 1.29 is 23.8 Å². The number of allylic oxidation sites excluding steroid dienone is 1. The van der Waals surface area contributed by atoms with Gasteiger partial charge in [-0.15, -0.1) is 0 Å². The van der Waals surface area contributed by atoms with Crippen LogP contribution in [0.25, 0.3) is 0 Å². The highest BCUT2D eigenvalue weighted by molar-refractivity contribution is 5.70. The Morgan fingerprint density at radius 2 is 1.40 bits per heavy atom. The van der Waals surface area contributed by atoms with Crippen molar-refractivity contribution in [1.82, 2.24) is 0 Å². The van der Waals surface area contributed by atoms with Crippen molar-refractivity contribution in [1.29, 1.82) is 0 Å². The smallest absolute Gasteiger partial charge is 0.145 e. The zero-order chi connectivity index (χ0) is 32.6. The minimum atomic E-state index is -0.0805. The molecule has 2 aliphatic rings. The third kappa shape index (κ3) is 11.7. The molecule has 0 unspecified atom stereocenters. The lowest BCUT2D eigenvalue weighted by Gasteiger charge is -2.38. The van der Waals surface area contributed by atoms with E-state index in [-0.39, 0.29) is 30.8 Å². The van der Waals surface area contributed by atoms with Crippen LogP contribution in [-0.2, 0) is 11.2 Å². The summed E-state index contributed by atoms with van der Waals surface area (Å²) < 4.78 is 30.0. The maximum absolute atomic E-state index is 15.3. The Balaban J connectivity index is 0.00000102. The molecule has 0 saturated heterocycles. The highest BCUT2D eigenvalue weighted by Gasteiger charge is 2.32. The van der Waals surface area contributed by atoms with Crippen LogP contribution in [0, 0.1) is 23.5 Å². The lowest BCUT2D eigenvalue weighted by molar-refractivity contribution is -0.104. The Labute approximate surface area is 271 Å². The molecule has 5 heteroatoms. The van der Waals surface area contributed by atoms with E-state index in [2.05, 4.69) is 25.6 Å². The minimum absolute atomic E-state index is 0.0137. The highest BCUT2D eigenvalue weighted by Crippen LogP contribution is 2.46. The summed E-state index contributed by atoms with van der Waals surface area (Å²) in [7, 11) is 0. The summed E-state index contributed by atoms with van der Waals surface area (Å²) in [5, 5.41) is 18.5. The van der Waals surface area contributed by atoms with Crippen LogP contribution < -0.4 is 0 Å². The van der Waals surface area contributed by atoms with Crippen molar-refractivity contribution in [2.24, 2.45) is 11.8 Å². The molecular formula is C40H58F2O3. The van der Waals surface area contributed by atoms with Gasteiger partial charge in [-0.2, -0.15) is 0 Å². The second-order valence-electron chi connectivity index (χ2n) is 13.7. The Bertz CT molecular complexity index is 1150. The van der Waals surface area contributed by atoms with Gasteiger partial charge in [-0.25, -0.2) is 8.78 Å². The molecule has 4 rings (SSSR count). The second-order valence-corrected chi connectivity index (χ2v) is 13.7. The molecule has 0 bridgehead atoms. The zero-order valence-electron chi connectivity index (χ0n) is 27.9. The van der Waals surface area contributed by atoms with Gasteiger partial charge in [0.05, 0.1) is 0 Å². The standard InChI is InChI=1S/C36H52F2O2.C4H6O/c1-2-3-4-7-31-18-19-32(24-35(31)37)29-12-10-27(11-13-29)28-14-16-30(17-15-28)34-21-20-33(25-36(34)38)26(8-5-22-39)9-6-23-40;1-4(2)3-5/h18-21,24-30,39-40H,2-17,22-23H2,1H3;3H,1H2,2H3. The number of carbonyl (C=O) groups is 1. The summed E-state index contributed by atoms with van der Waals surface area (Å²) in [6, 6.07) is 11.9. The summed E-state index contributed by atoms with van der Waals surface area (Å²) in [4.78, 5) is 9.41. The number of unbranched alkanes of at least 4 members (excludes halogenated alkanes) is 2. The first-order valence-corrected chi connectivity index (χ1v) is 17.7. The first-order valence-electron chi connectivity index (χ1n) is 17.7. The molecule has 0 aromatic heterocycles. The van der Waals surface area contributed by atoms with Crippen molar-refractivity contribution in [3.63, 3.8) is 0 Å². The third-order valence-corrected chi connectivity index (χ3v) is 10.4. The monoisotopic (exact) mass is 624 g/mol. The van der Waals surface area contributed by atoms with Crippen LogP contribution in [0.1, 0.15) is 150 Å². The van der Waals surface area contributed by atoms with E-state index in [0.717, 1.165) is 99.0 Å². The predicted molar refractivity (Wildman–Crippen MR) is 182 cm³/mol. The average Bonchev–Trinajstić information content (AvgIpc) is 3.06. The number of aryl methyl sites for hydroxylation is 1. The van der Waals surface area contributed by atoms with E-state index in [1.807, 2.05) is 18.2 Å². The van der Waals surface area contributed by atoms with Crippen LogP contribution in [-0.4, -0.2) is 29.7 Å². The van der Waals surface area contributed by atoms with Gasteiger partial charge in [0.15, 0.2) is 0 Å². The Morgan fingerprint density at radius 3 is 1.89 bits per heavy atom. The molecule has 2 aromatic carbocycles. The number of rotatable bonds is 15. The fraction of sp³-hybridized carbons (Fsp3) is 0.625. The van der Waals surface area contributed by atoms with Crippen molar-refractivity contribution in [3.8, 4) is 0 Å². The van der Waals surface area contributed by atoms with Crippen molar-refractivity contribution in [2.75, 3.05) is 13.2 Å². The van der Waals surface area contributed by atoms with E-state index in [1.165, 1.54) is 31.2 Å². The lowest BCUT2D eigenvalue weighted by Crippen LogP contribution is -2.25. The number of halogens is 2. The fourth-order valence-corrected chi connectivity index (χ4v) is 7.69. The van der Waals surface area contributed by atoms with Crippen LogP contribution >= 0.6 is 0 Å². The van der Waals surface area contributed by atoms with Gasteiger partial charge in [0.1, 0.15) is 17.9 Å². The summed E-state index contributed by atoms with van der Waals surface area (Å²) >= 11 is 0. The number of benzene rings is 2. The second kappa shape index (κ2) is 20.0. The molecule has 2 saturated carbocycles. The van der Waals surface area contributed by atoms with Crippen molar-refractivity contribution >= 4 is 6.29 Å². The summed E-state index contributed by atoms with van der Waals surface area (Å²) in [5.41, 5.74) is 4.50. The molecular weight excluding hydrogens is 566 g/mol. The number of aliphatic hydroxyl groups excluding tert-OH is 2. The topological polar surface area (TPSA) is 57.5 Å². The number of hydrogen-bond donors (Lipinski definition) is 2. The van der Waals surface area contributed by atoms with E-state index < -0.39 is 0 Å². The van der Waals surface area contributed by atoms with E-state index in [0.29, 0.717) is 30.3 Å². The van der Waals surface area contributed by atoms with Gasteiger partial charge in [-0.1, -0.05) is 50.6 Å². The largest absolute Gasteiger partial charge is 0.396 e. The molecule has 3 nitrogen and oxygen atoms in total. The molecule has 2 N–H and O–H groups in total. The molecule has 0 aliphatic heterocycles. The van der Waals surface area contributed by atoms with E-state index >= 15 is 4.39 Å². The van der Waals surface area contributed by atoms with Crippen LogP contribution in [0.4, 0.5) is 8.78 Å². The van der Waals surface area contributed by atoms with E-state index in [4.69, 9.17) is 0 Å². The van der Waals surface area contributed by atoms with E-state index in [1.54, 1.807) is 13.0 Å².